The molecule has 0 aliphatic carbocycles. The number of benzene rings is 1. The van der Waals surface area contributed by atoms with Crippen molar-refractivity contribution in [2.75, 3.05) is 26.7 Å². The molecule has 1 aromatic carbocycles. The molecule has 2 atom stereocenters. The van der Waals surface area contributed by atoms with Crippen molar-refractivity contribution in [3.8, 4) is 0 Å². The van der Waals surface area contributed by atoms with E-state index in [1.54, 1.807) is 17.0 Å². The van der Waals surface area contributed by atoms with E-state index in [4.69, 9.17) is 8.85 Å². The van der Waals surface area contributed by atoms with Crippen LogP contribution in [0.4, 0.5) is 13.2 Å². The molecule has 2 aliphatic heterocycles. The normalized spacial score (nSPS) is 27.0. The fourth-order valence-electron chi connectivity index (χ4n) is 4.06. The fourth-order valence-corrected chi connectivity index (χ4v) is 4.64. The van der Waals surface area contributed by atoms with Crippen LogP contribution in [0.25, 0.3) is 10.9 Å². The largest absolute Gasteiger partial charge is 0.446 e. The van der Waals surface area contributed by atoms with Gasteiger partial charge in [-0.25, -0.2) is 0 Å². The number of hydrogen-bond donors (Lipinski definition) is 1. The molecular formula is C19H23F3N2OS. The quantitative estimate of drug-likeness (QED) is 0.755. The lowest BCUT2D eigenvalue weighted by atomic mass is 9.94. The number of nitrogens with zero attached hydrogens (tertiary/aromatic N) is 1. The third-order valence-electron chi connectivity index (χ3n) is 5.30. The van der Waals surface area contributed by atoms with Crippen LogP contribution in [0.5, 0.6) is 0 Å². The lowest BCUT2D eigenvalue weighted by molar-refractivity contribution is -0.0328. The van der Waals surface area contributed by atoms with Crippen molar-refractivity contribution in [2.45, 2.75) is 48.0 Å². The van der Waals surface area contributed by atoms with Gasteiger partial charge in [0.2, 0.25) is 0 Å². The first-order chi connectivity index (χ1) is 13.6. The summed E-state index contributed by atoms with van der Waals surface area (Å²) in [6.07, 6.45) is 2.92. The molecule has 0 unspecified atom stereocenters. The molecule has 2 fully saturated rings. The van der Waals surface area contributed by atoms with E-state index in [2.05, 4.69) is 4.98 Å². The molecule has 7 heteroatoms. The molecule has 0 bridgehead atoms. The van der Waals surface area contributed by atoms with Gasteiger partial charge in [-0.05, 0) is 74.7 Å². The molecule has 0 spiro atoms. The number of likely N-dealkylation sites (N-methyl/N-ethyl adjacent to an activating group) is 1. The summed E-state index contributed by atoms with van der Waals surface area (Å²) in [6, 6.07) is 4.58. The summed E-state index contributed by atoms with van der Waals surface area (Å²) in [5.41, 5.74) is -1.66. The molecule has 2 saturated heterocycles. The molecule has 26 heavy (non-hydrogen) atoms. The molecule has 4 rings (SSSR count). The lowest BCUT2D eigenvalue weighted by Crippen LogP contribution is -2.27. The van der Waals surface area contributed by atoms with Gasteiger partial charge in [0.15, 0.2) is 0 Å². The van der Waals surface area contributed by atoms with Gasteiger partial charge in [-0.1, -0.05) is 0 Å². The lowest BCUT2D eigenvalue weighted by Gasteiger charge is -2.21. The number of hydrogen-bond acceptors (Lipinski definition) is 3. The van der Waals surface area contributed by atoms with Gasteiger partial charge >= 0.3 is 5.51 Å². The SMILES string of the molecule is [2H]C([2H])([2H])N1CCC[C@@H]1Cc1c([C@H]2CCOC2)[nH]c2ccc(SC(F)(F)F)cc12. The van der Waals surface area contributed by atoms with E-state index in [0.29, 0.717) is 26.2 Å². The minimum absolute atomic E-state index is 0.126. The second-order valence-electron chi connectivity index (χ2n) is 7.03. The van der Waals surface area contributed by atoms with Crippen LogP contribution < -0.4 is 0 Å². The summed E-state index contributed by atoms with van der Waals surface area (Å²) in [5.74, 6) is 0.152. The van der Waals surface area contributed by atoms with E-state index >= 15 is 0 Å². The predicted molar refractivity (Wildman–Crippen MR) is 97.7 cm³/mol. The van der Waals surface area contributed by atoms with E-state index in [9.17, 15) is 13.2 Å². The van der Waals surface area contributed by atoms with Crippen LogP contribution >= 0.6 is 11.8 Å². The van der Waals surface area contributed by atoms with Crippen molar-refractivity contribution in [2.24, 2.45) is 0 Å². The highest BCUT2D eigenvalue weighted by Gasteiger charge is 2.31. The van der Waals surface area contributed by atoms with E-state index in [1.807, 2.05) is 0 Å². The zero-order chi connectivity index (χ0) is 20.8. The number of rotatable bonds is 4. The molecule has 2 aliphatic rings. The highest BCUT2D eigenvalue weighted by molar-refractivity contribution is 8.00. The maximum atomic E-state index is 12.9. The van der Waals surface area contributed by atoms with Crippen LogP contribution in [0.3, 0.4) is 0 Å². The van der Waals surface area contributed by atoms with Gasteiger partial charge < -0.3 is 14.6 Å². The molecule has 3 heterocycles. The minimum atomic E-state index is -4.35. The van der Waals surface area contributed by atoms with Gasteiger partial charge in [-0.2, -0.15) is 13.2 Å². The number of thioether (sulfide) groups is 1. The van der Waals surface area contributed by atoms with E-state index < -0.39 is 12.5 Å². The predicted octanol–water partition coefficient (Wildman–Crippen LogP) is 4.92. The van der Waals surface area contributed by atoms with Crippen LogP contribution in [0.1, 0.15) is 40.6 Å². The van der Waals surface area contributed by atoms with Gasteiger partial charge in [-0.3, -0.25) is 0 Å². The first-order valence-corrected chi connectivity index (χ1v) is 9.68. The number of ether oxygens (including phenoxy) is 1. The van der Waals surface area contributed by atoms with Crippen molar-refractivity contribution in [3.05, 3.63) is 29.5 Å². The minimum Gasteiger partial charge on any atom is -0.381 e. The van der Waals surface area contributed by atoms with Crippen molar-refractivity contribution in [1.29, 1.82) is 0 Å². The first-order valence-electron chi connectivity index (χ1n) is 10.4. The standard InChI is InChI=1S/C19H23F3N2OS/c1-24-7-2-3-13(24)9-16-15-10-14(26-19(20,21)22)4-5-17(15)23-18(16)12-6-8-25-11-12/h4-5,10,12-13,23H,2-3,6-9,11H2,1H3/t12-,13+/m0/s1/i1D3. The molecule has 0 saturated carbocycles. The van der Waals surface area contributed by atoms with Crippen molar-refractivity contribution in [3.63, 3.8) is 0 Å². The number of aromatic amines is 1. The Bertz CT molecular complexity index is 878. The Morgan fingerprint density at radius 1 is 1.38 bits per heavy atom. The fraction of sp³-hybridized carbons (Fsp3) is 0.579. The van der Waals surface area contributed by atoms with Gasteiger partial charge in [0.1, 0.15) is 0 Å². The number of nitrogens with one attached hydrogen (secondary N) is 1. The molecule has 0 amide bonds. The topological polar surface area (TPSA) is 28.3 Å². The van der Waals surface area contributed by atoms with E-state index in [1.165, 1.54) is 6.07 Å². The van der Waals surface area contributed by atoms with Crippen LogP contribution in [-0.2, 0) is 11.2 Å². The van der Waals surface area contributed by atoms with Crippen LogP contribution in [-0.4, -0.2) is 48.2 Å². The van der Waals surface area contributed by atoms with Gasteiger partial charge in [-0.15, -0.1) is 0 Å². The number of halogens is 3. The average Bonchev–Trinajstić information content (AvgIpc) is 3.33. The molecule has 2 aromatic rings. The summed E-state index contributed by atoms with van der Waals surface area (Å²) < 4.78 is 67.6. The highest BCUT2D eigenvalue weighted by Crippen LogP contribution is 2.40. The summed E-state index contributed by atoms with van der Waals surface area (Å²) >= 11 is -0.126. The maximum Gasteiger partial charge on any atom is 0.446 e. The van der Waals surface area contributed by atoms with Crippen molar-refractivity contribution >= 4 is 22.7 Å². The molecule has 1 aromatic heterocycles. The van der Waals surface area contributed by atoms with Gasteiger partial charge in [0.05, 0.1) is 6.61 Å². The van der Waals surface area contributed by atoms with Gasteiger partial charge in [0.25, 0.3) is 0 Å². The smallest absolute Gasteiger partial charge is 0.381 e. The molecule has 0 radical (unpaired) electrons. The third kappa shape index (κ3) is 3.75. The Labute approximate surface area is 159 Å². The Hall–Kier alpha value is -1.18. The Morgan fingerprint density at radius 2 is 2.27 bits per heavy atom. The molecule has 142 valence electrons. The number of likely N-dealkylation sites (tertiary alicyclic amines) is 1. The van der Waals surface area contributed by atoms with Crippen molar-refractivity contribution in [1.82, 2.24) is 9.88 Å². The number of alkyl halides is 3. The van der Waals surface area contributed by atoms with E-state index in [-0.39, 0.29) is 28.6 Å². The van der Waals surface area contributed by atoms with E-state index in [0.717, 1.165) is 41.4 Å². The first kappa shape index (κ1) is 14.8. The highest BCUT2D eigenvalue weighted by atomic mass is 32.2. The second-order valence-corrected chi connectivity index (χ2v) is 8.16. The number of H-pyrrole nitrogens is 1. The van der Waals surface area contributed by atoms with Crippen LogP contribution in [0.15, 0.2) is 23.1 Å². The summed E-state index contributed by atoms with van der Waals surface area (Å²) in [6.45, 7) is -0.432. The zero-order valence-corrected chi connectivity index (χ0v) is 15.1. The Kier molecular flexibility index (Phi) is 4.04. The zero-order valence-electron chi connectivity index (χ0n) is 17.2. The molecule has 1 N–H and O–H groups in total. The number of aromatic nitrogens is 1. The van der Waals surface area contributed by atoms with Gasteiger partial charge in [0, 0.05) is 44.2 Å². The van der Waals surface area contributed by atoms with Crippen LogP contribution in [0, 0.1) is 0 Å². The molecular weight excluding hydrogens is 361 g/mol. The summed E-state index contributed by atoms with van der Waals surface area (Å²) in [4.78, 5) is 5.08. The monoisotopic (exact) mass is 387 g/mol. The second kappa shape index (κ2) is 7.09. The average molecular weight is 387 g/mol. The third-order valence-corrected chi connectivity index (χ3v) is 6.02. The Morgan fingerprint density at radius 3 is 3.00 bits per heavy atom. The van der Waals surface area contributed by atoms with Crippen LogP contribution in [0.2, 0.25) is 0 Å². The summed E-state index contributed by atoms with van der Waals surface area (Å²) in [5, 5.41) is 0.749. The van der Waals surface area contributed by atoms with Crippen molar-refractivity contribution < 1.29 is 22.0 Å². The number of fused-ring (bicyclic) bond motifs is 1. The summed E-state index contributed by atoms with van der Waals surface area (Å²) in [7, 11) is 0. The maximum absolute atomic E-state index is 12.9. The molecule has 3 nitrogen and oxygen atoms in total. The Balaban J connectivity index is 1.74.